The second kappa shape index (κ2) is 12.9. The summed E-state index contributed by atoms with van der Waals surface area (Å²) in [7, 11) is 0. The molecule has 1 aliphatic heterocycles. The van der Waals surface area contributed by atoms with Crippen molar-refractivity contribution in [2.24, 2.45) is 11.0 Å². The molecule has 0 unspecified atom stereocenters. The molecule has 0 radical (unpaired) electrons. The number of nitrogens with one attached hydrogen (secondary N) is 1. The molecule has 1 saturated heterocycles. The van der Waals surface area contributed by atoms with E-state index in [1.165, 1.54) is 30.4 Å². The topological polar surface area (TPSA) is 53.9 Å². The van der Waals surface area contributed by atoms with Crippen LogP contribution in [0.3, 0.4) is 0 Å². The van der Waals surface area contributed by atoms with Gasteiger partial charge in [-0.2, -0.15) is 5.10 Å². The highest BCUT2D eigenvalue weighted by Gasteiger charge is 2.19. The first kappa shape index (κ1) is 24.7. The van der Waals surface area contributed by atoms with Gasteiger partial charge in [-0.25, -0.2) is 5.43 Å². The quantitative estimate of drug-likeness (QED) is 0.306. The number of carbonyl (C=O) groups is 1. The van der Waals surface area contributed by atoms with E-state index < -0.39 is 0 Å². The van der Waals surface area contributed by atoms with Crippen molar-refractivity contribution in [3.05, 3.63) is 101 Å². The van der Waals surface area contributed by atoms with Crippen molar-refractivity contribution >= 4 is 12.1 Å². The van der Waals surface area contributed by atoms with Gasteiger partial charge in [0.1, 0.15) is 5.75 Å². The first-order chi connectivity index (χ1) is 17.2. The molecule has 182 valence electrons. The van der Waals surface area contributed by atoms with Crippen LogP contribution in [0.2, 0.25) is 0 Å². The Morgan fingerprint density at radius 3 is 2.37 bits per heavy atom. The van der Waals surface area contributed by atoms with Gasteiger partial charge in [0.2, 0.25) is 0 Å². The van der Waals surface area contributed by atoms with Gasteiger partial charge >= 0.3 is 0 Å². The van der Waals surface area contributed by atoms with Crippen molar-refractivity contribution in [1.29, 1.82) is 0 Å². The van der Waals surface area contributed by atoms with Crippen molar-refractivity contribution in [2.75, 3.05) is 19.7 Å². The molecule has 0 aliphatic carbocycles. The molecule has 0 bridgehead atoms. The molecule has 0 aromatic heterocycles. The monoisotopic (exact) mass is 469 g/mol. The Bertz CT molecular complexity index is 1070. The van der Waals surface area contributed by atoms with E-state index in [2.05, 4.69) is 52.7 Å². The number of hydrazone groups is 1. The van der Waals surface area contributed by atoms with Crippen LogP contribution in [0.25, 0.3) is 0 Å². The van der Waals surface area contributed by atoms with E-state index in [1.807, 2.05) is 48.5 Å². The third-order valence-electron chi connectivity index (χ3n) is 6.43. The van der Waals surface area contributed by atoms with Gasteiger partial charge in [0, 0.05) is 12.1 Å². The minimum atomic E-state index is -0.211. The maximum atomic E-state index is 12.4. The van der Waals surface area contributed by atoms with Crippen LogP contribution in [-0.4, -0.2) is 36.7 Å². The summed E-state index contributed by atoms with van der Waals surface area (Å²) in [6.45, 7) is 5.96. The summed E-state index contributed by atoms with van der Waals surface area (Å²) in [6.07, 6.45) is 6.27. The Hall–Kier alpha value is -3.44. The zero-order chi connectivity index (χ0) is 24.3. The van der Waals surface area contributed by atoms with E-state index in [0.29, 0.717) is 12.2 Å². The zero-order valence-corrected chi connectivity index (χ0v) is 20.5. The molecule has 1 fully saturated rings. The van der Waals surface area contributed by atoms with Crippen LogP contribution in [0.5, 0.6) is 5.75 Å². The molecule has 1 aliphatic rings. The molecule has 1 heterocycles. The molecule has 5 heteroatoms. The highest BCUT2D eigenvalue weighted by Crippen LogP contribution is 2.23. The lowest BCUT2D eigenvalue weighted by Gasteiger charge is -2.32. The Kier molecular flexibility index (Phi) is 9.07. The Labute approximate surface area is 208 Å². The summed E-state index contributed by atoms with van der Waals surface area (Å²) in [6, 6.07) is 26.3. The maximum absolute atomic E-state index is 12.4. The fourth-order valence-corrected chi connectivity index (χ4v) is 4.42. The van der Waals surface area contributed by atoms with Gasteiger partial charge in [-0.05, 0) is 97.8 Å². The van der Waals surface area contributed by atoms with Crippen LogP contribution < -0.4 is 10.2 Å². The van der Waals surface area contributed by atoms with Crippen LogP contribution in [-0.2, 0) is 13.0 Å². The number of hydrogen-bond donors (Lipinski definition) is 1. The van der Waals surface area contributed by atoms with E-state index in [1.54, 1.807) is 6.21 Å². The molecule has 4 rings (SSSR count). The minimum absolute atomic E-state index is 0.211. The number of amides is 1. The molecule has 1 amide bonds. The molecule has 3 aromatic rings. The highest BCUT2D eigenvalue weighted by molar-refractivity contribution is 5.94. The zero-order valence-electron chi connectivity index (χ0n) is 20.5. The summed E-state index contributed by atoms with van der Waals surface area (Å²) in [4.78, 5) is 15.0. The predicted molar refractivity (Wildman–Crippen MR) is 142 cm³/mol. The lowest BCUT2D eigenvalue weighted by molar-refractivity contribution is 0.0955. The van der Waals surface area contributed by atoms with Gasteiger partial charge in [0.25, 0.3) is 5.91 Å². The first-order valence-corrected chi connectivity index (χ1v) is 12.6. The number of rotatable bonds is 10. The van der Waals surface area contributed by atoms with Crippen LogP contribution in [0.1, 0.15) is 53.2 Å². The molecular formula is C30H35N3O2. The van der Waals surface area contributed by atoms with E-state index in [-0.39, 0.29) is 5.91 Å². The Morgan fingerprint density at radius 1 is 0.971 bits per heavy atom. The second-order valence-electron chi connectivity index (χ2n) is 9.22. The normalized spacial score (nSPS) is 14.8. The molecule has 0 saturated carbocycles. The van der Waals surface area contributed by atoms with Crippen LogP contribution >= 0.6 is 0 Å². The number of ether oxygens (including phenoxy) is 1. The third kappa shape index (κ3) is 7.79. The highest BCUT2D eigenvalue weighted by atomic mass is 16.5. The minimum Gasteiger partial charge on any atom is -0.494 e. The van der Waals surface area contributed by atoms with Crippen LogP contribution in [0.4, 0.5) is 0 Å². The van der Waals surface area contributed by atoms with Gasteiger partial charge in [-0.1, -0.05) is 49.4 Å². The summed E-state index contributed by atoms with van der Waals surface area (Å²) in [5.41, 5.74) is 6.79. The third-order valence-corrected chi connectivity index (χ3v) is 6.43. The Morgan fingerprint density at radius 2 is 1.69 bits per heavy atom. The molecule has 0 atom stereocenters. The van der Waals surface area contributed by atoms with Gasteiger partial charge < -0.3 is 4.74 Å². The predicted octanol–water partition coefficient (Wildman–Crippen LogP) is 5.69. The molecule has 3 aromatic carbocycles. The first-order valence-electron chi connectivity index (χ1n) is 12.6. The van der Waals surface area contributed by atoms with Crippen molar-refractivity contribution < 1.29 is 9.53 Å². The van der Waals surface area contributed by atoms with Crippen LogP contribution in [0, 0.1) is 5.92 Å². The van der Waals surface area contributed by atoms with E-state index in [9.17, 15) is 4.79 Å². The summed E-state index contributed by atoms with van der Waals surface area (Å²) >= 11 is 0. The van der Waals surface area contributed by atoms with Gasteiger partial charge in [-0.15, -0.1) is 0 Å². The standard InChI is InChI=1S/C30H35N3O2/c1-2-20-35-29-14-10-26(11-15-29)22-31-32-30(34)28-12-8-27(9-13-28)23-33-18-16-25(17-19-33)21-24-6-4-3-5-7-24/h3-15,22,25H,2,16-21,23H2,1H3,(H,32,34)/b31-22-. The fraction of sp³-hybridized carbons (Fsp3) is 0.333. The lowest BCUT2D eigenvalue weighted by Crippen LogP contribution is -2.33. The molecule has 35 heavy (non-hydrogen) atoms. The second-order valence-corrected chi connectivity index (χ2v) is 9.22. The van der Waals surface area contributed by atoms with E-state index in [4.69, 9.17) is 4.74 Å². The molecular weight excluding hydrogens is 434 g/mol. The average molecular weight is 470 g/mol. The SMILES string of the molecule is CCCOc1ccc(/C=N\NC(=O)c2ccc(CN3CCC(Cc4ccccc4)CC3)cc2)cc1. The smallest absolute Gasteiger partial charge is 0.271 e. The van der Waals surface area contributed by atoms with Crippen LogP contribution in [0.15, 0.2) is 84.0 Å². The fourth-order valence-electron chi connectivity index (χ4n) is 4.42. The molecule has 5 nitrogen and oxygen atoms in total. The number of nitrogens with zero attached hydrogens (tertiary/aromatic N) is 2. The number of piperidine rings is 1. The molecule has 0 spiro atoms. The molecule has 1 N–H and O–H groups in total. The number of benzene rings is 3. The number of hydrogen-bond acceptors (Lipinski definition) is 4. The van der Waals surface area contributed by atoms with Gasteiger partial charge in [0.15, 0.2) is 0 Å². The van der Waals surface area contributed by atoms with Gasteiger partial charge in [0.05, 0.1) is 12.8 Å². The van der Waals surface area contributed by atoms with Crippen molar-refractivity contribution in [3.8, 4) is 5.75 Å². The summed E-state index contributed by atoms with van der Waals surface area (Å²) < 4.78 is 5.58. The van der Waals surface area contributed by atoms with Crippen molar-refractivity contribution in [3.63, 3.8) is 0 Å². The van der Waals surface area contributed by atoms with Gasteiger partial charge in [-0.3, -0.25) is 9.69 Å². The summed E-state index contributed by atoms with van der Waals surface area (Å²) in [5, 5.41) is 4.09. The lowest BCUT2D eigenvalue weighted by atomic mass is 9.90. The summed E-state index contributed by atoms with van der Waals surface area (Å²) in [5.74, 6) is 1.40. The largest absolute Gasteiger partial charge is 0.494 e. The maximum Gasteiger partial charge on any atom is 0.271 e. The van der Waals surface area contributed by atoms with Crippen molar-refractivity contribution in [2.45, 2.75) is 39.2 Å². The van der Waals surface area contributed by atoms with E-state index in [0.717, 1.165) is 43.3 Å². The Balaban J connectivity index is 1.20. The van der Waals surface area contributed by atoms with E-state index >= 15 is 0 Å². The average Bonchev–Trinajstić information content (AvgIpc) is 2.90. The number of likely N-dealkylation sites (tertiary alicyclic amines) is 1. The van der Waals surface area contributed by atoms with Crippen molar-refractivity contribution in [1.82, 2.24) is 10.3 Å². The number of carbonyl (C=O) groups excluding carboxylic acids is 1.